The number of benzene rings is 1. The summed E-state index contributed by atoms with van der Waals surface area (Å²) in [6.07, 6.45) is 0.479. The van der Waals surface area contributed by atoms with Crippen molar-refractivity contribution in [3.8, 4) is 5.75 Å². The number of hydrogen-bond acceptors (Lipinski definition) is 4. The Morgan fingerprint density at radius 2 is 2.21 bits per heavy atom. The predicted molar refractivity (Wildman–Crippen MR) is 74.0 cm³/mol. The number of nitrogens with one attached hydrogen (secondary N) is 1. The van der Waals surface area contributed by atoms with Crippen LogP contribution in [0, 0.1) is 13.8 Å². The van der Waals surface area contributed by atoms with E-state index in [9.17, 15) is 4.79 Å². The minimum Gasteiger partial charge on any atom is -0.496 e. The first kappa shape index (κ1) is 14.0. The highest BCUT2D eigenvalue weighted by molar-refractivity contribution is 5.98. The van der Waals surface area contributed by atoms with Crippen LogP contribution in [0.15, 0.2) is 12.1 Å². The van der Waals surface area contributed by atoms with Gasteiger partial charge in [-0.15, -0.1) is 0 Å². The summed E-state index contributed by atoms with van der Waals surface area (Å²) in [5, 5.41) is 3.31. The molecule has 1 aromatic carbocycles. The van der Waals surface area contributed by atoms with Crippen LogP contribution in [0.1, 0.15) is 27.9 Å². The molecule has 0 amide bonds. The van der Waals surface area contributed by atoms with Crippen LogP contribution in [0.25, 0.3) is 0 Å². The smallest absolute Gasteiger partial charge is 0.164 e. The van der Waals surface area contributed by atoms with E-state index in [1.807, 2.05) is 26.0 Å². The van der Waals surface area contributed by atoms with Crippen LogP contribution in [0.2, 0.25) is 0 Å². The zero-order valence-corrected chi connectivity index (χ0v) is 11.8. The molecule has 4 nitrogen and oxygen atoms in total. The van der Waals surface area contributed by atoms with Crippen LogP contribution in [0.5, 0.6) is 5.75 Å². The van der Waals surface area contributed by atoms with Gasteiger partial charge in [-0.2, -0.15) is 0 Å². The predicted octanol–water partition coefficient (Wildman–Crippen LogP) is 1.87. The lowest BCUT2D eigenvalue weighted by Crippen LogP contribution is -2.42. The van der Waals surface area contributed by atoms with Gasteiger partial charge in [0.15, 0.2) is 5.78 Å². The van der Waals surface area contributed by atoms with Crippen molar-refractivity contribution in [3.05, 3.63) is 28.8 Å². The second kappa shape index (κ2) is 6.17. The van der Waals surface area contributed by atoms with Crippen molar-refractivity contribution < 1.29 is 14.3 Å². The van der Waals surface area contributed by atoms with Gasteiger partial charge in [0.2, 0.25) is 0 Å². The van der Waals surface area contributed by atoms with Crippen molar-refractivity contribution in [2.24, 2.45) is 0 Å². The number of ketones is 1. The van der Waals surface area contributed by atoms with Crippen molar-refractivity contribution in [2.75, 3.05) is 26.9 Å². The second-order valence-corrected chi connectivity index (χ2v) is 4.92. The quantitative estimate of drug-likeness (QED) is 0.843. The summed E-state index contributed by atoms with van der Waals surface area (Å²) in [5.41, 5.74) is 2.81. The van der Waals surface area contributed by atoms with Gasteiger partial charge in [0.05, 0.1) is 20.3 Å². The molecule has 1 N–H and O–H groups in total. The fourth-order valence-electron chi connectivity index (χ4n) is 2.40. The molecular weight excluding hydrogens is 242 g/mol. The Morgan fingerprint density at radius 1 is 1.42 bits per heavy atom. The lowest BCUT2D eigenvalue weighted by molar-refractivity contribution is 0.0675. The molecule has 1 aliphatic heterocycles. The molecule has 0 aromatic heterocycles. The van der Waals surface area contributed by atoms with Crippen molar-refractivity contribution in [3.63, 3.8) is 0 Å². The van der Waals surface area contributed by atoms with E-state index in [4.69, 9.17) is 9.47 Å². The average Bonchev–Trinajstić information content (AvgIpc) is 2.42. The molecular formula is C15H21NO3. The van der Waals surface area contributed by atoms with E-state index in [1.165, 1.54) is 0 Å². The van der Waals surface area contributed by atoms with Gasteiger partial charge in [0.25, 0.3) is 0 Å². The van der Waals surface area contributed by atoms with E-state index < -0.39 is 0 Å². The van der Waals surface area contributed by atoms with Crippen LogP contribution in [0.3, 0.4) is 0 Å². The third-order valence-electron chi connectivity index (χ3n) is 3.69. The number of hydrogen-bond donors (Lipinski definition) is 1. The third kappa shape index (κ3) is 3.14. The molecule has 1 atom stereocenters. The first-order chi connectivity index (χ1) is 9.13. The van der Waals surface area contributed by atoms with E-state index in [1.54, 1.807) is 7.11 Å². The van der Waals surface area contributed by atoms with Gasteiger partial charge < -0.3 is 14.8 Å². The lowest BCUT2D eigenvalue weighted by Gasteiger charge is -2.23. The van der Waals surface area contributed by atoms with E-state index >= 15 is 0 Å². The number of carbonyl (C=O) groups is 1. The van der Waals surface area contributed by atoms with Gasteiger partial charge in [-0.3, -0.25) is 4.79 Å². The van der Waals surface area contributed by atoms with Gasteiger partial charge in [-0.1, -0.05) is 0 Å². The zero-order chi connectivity index (χ0) is 13.8. The van der Waals surface area contributed by atoms with Crippen LogP contribution >= 0.6 is 0 Å². The van der Waals surface area contributed by atoms with Crippen LogP contribution < -0.4 is 10.1 Å². The third-order valence-corrected chi connectivity index (χ3v) is 3.69. The van der Waals surface area contributed by atoms with Crippen LogP contribution in [-0.2, 0) is 4.74 Å². The molecule has 1 saturated heterocycles. The van der Waals surface area contributed by atoms with E-state index in [2.05, 4.69) is 5.32 Å². The first-order valence-corrected chi connectivity index (χ1v) is 6.62. The topological polar surface area (TPSA) is 47.6 Å². The minimum atomic E-state index is 0.128. The molecule has 19 heavy (non-hydrogen) atoms. The summed E-state index contributed by atoms with van der Waals surface area (Å²) in [7, 11) is 1.65. The molecule has 0 bridgehead atoms. The van der Waals surface area contributed by atoms with Crippen LogP contribution in [0.4, 0.5) is 0 Å². The lowest BCUT2D eigenvalue weighted by atomic mass is 9.96. The Morgan fingerprint density at radius 3 is 2.84 bits per heavy atom. The van der Waals surface area contributed by atoms with E-state index in [0.717, 1.165) is 35.6 Å². The number of rotatable bonds is 4. The van der Waals surface area contributed by atoms with Gasteiger partial charge in [0.1, 0.15) is 5.75 Å². The molecule has 0 aliphatic carbocycles. The fourth-order valence-corrected chi connectivity index (χ4v) is 2.40. The van der Waals surface area contributed by atoms with Gasteiger partial charge in [0, 0.05) is 24.6 Å². The molecule has 2 rings (SSSR count). The number of carbonyl (C=O) groups excluding carboxylic acids is 1. The van der Waals surface area contributed by atoms with E-state index in [-0.39, 0.29) is 11.8 Å². The van der Waals surface area contributed by atoms with E-state index in [0.29, 0.717) is 13.0 Å². The molecule has 0 saturated carbocycles. The molecule has 104 valence electrons. The van der Waals surface area contributed by atoms with Crippen molar-refractivity contribution in [2.45, 2.75) is 26.3 Å². The maximum atomic E-state index is 12.3. The maximum Gasteiger partial charge on any atom is 0.164 e. The van der Waals surface area contributed by atoms with Gasteiger partial charge in [-0.25, -0.2) is 0 Å². The van der Waals surface area contributed by atoms with Gasteiger partial charge in [-0.05, 0) is 37.1 Å². The summed E-state index contributed by atoms with van der Waals surface area (Å²) >= 11 is 0. The molecule has 1 heterocycles. The first-order valence-electron chi connectivity index (χ1n) is 6.62. The fraction of sp³-hybridized carbons (Fsp3) is 0.533. The zero-order valence-electron chi connectivity index (χ0n) is 11.8. The number of methoxy groups -OCH3 is 1. The maximum absolute atomic E-state index is 12.3. The Kier molecular flexibility index (Phi) is 4.56. The Labute approximate surface area is 114 Å². The minimum absolute atomic E-state index is 0.128. The molecule has 4 heteroatoms. The van der Waals surface area contributed by atoms with Crippen LogP contribution in [-0.4, -0.2) is 38.7 Å². The number of ether oxygens (including phenoxy) is 2. The average molecular weight is 263 g/mol. The summed E-state index contributed by atoms with van der Waals surface area (Å²) in [5.74, 6) is 0.986. The molecule has 0 radical (unpaired) electrons. The molecule has 1 aromatic rings. The summed E-state index contributed by atoms with van der Waals surface area (Å²) < 4.78 is 10.6. The highest BCUT2D eigenvalue weighted by Gasteiger charge is 2.20. The summed E-state index contributed by atoms with van der Waals surface area (Å²) in [6, 6.07) is 3.84. The Bertz CT molecular complexity index is 465. The Balaban J connectivity index is 2.12. The Hall–Kier alpha value is -1.39. The molecule has 0 spiro atoms. The van der Waals surface area contributed by atoms with Gasteiger partial charge >= 0.3 is 0 Å². The number of morpholine rings is 1. The summed E-state index contributed by atoms with van der Waals surface area (Å²) in [6.45, 7) is 6.10. The standard InChI is InChI=1S/C15H21NO3/c1-10-11(2)15(18-3)5-4-13(10)14(17)8-12-9-19-7-6-16-12/h4-5,12,16H,6-9H2,1-3H3. The monoisotopic (exact) mass is 263 g/mol. The van der Waals surface area contributed by atoms with Crippen molar-refractivity contribution in [1.29, 1.82) is 0 Å². The summed E-state index contributed by atoms with van der Waals surface area (Å²) in [4.78, 5) is 12.3. The number of Topliss-reactive ketones (excluding diaryl/α,β-unsaturated/α-hetero) is 1. The second-order valence-electron chi connectivity index (χ2n) is 4.92. The highest BCUT2D eigenvalue weighted by Crippen LogP contribution is 2.25. The largest absolute Gasteiger partial charge is 0.496 e. The van der Waals surface area contributed by atoms with Crippen molar-refractivity contribution in [1.82, 2.24) is 5.32 Å². The molecule has 1 unspecified atom stereocenters. The molecule has 1 fully saturated rings. The molecule has 1 aliphatic rings. The normalized spacial score (nSPS) is 19.2. The van der Waals surface area contributed by atoms with Crippen molar-refractivity contribution >= 4 is 5.78 Å². The SMILES string of the molecule is COc1ccc(C(=O)CC2COCCN2)c(C)c1C. The highest BCUT2D eigenvalue weighted by atomic mass is 16.5.